The van der Waals surface area contributed by atoms with Gasteiger partial charge in [-0.1, -0.05) is 60.7 Å². The fourth-order valence-electron chi connectivity index (χ4n) is 2.50. The van der Waals surface area contributed by atoms with E-state index in [1.54, 1.807) is 0 Å². The van der Waals surface area contributed by atoms with Crippen molar-refractivity contribution in [2.75, 3.05) is 26.3 Å². The maximum atomic E-state index is 14.2. The van der Waals surface area contributed by atoms with Crippen LogP contribution in [-0.2, 0) is 17.8 Å². The summed E-state index contributed by atoms with van der Waals surface area (Å²) in [7, 11) is 0. The first-order chi connectivity index (χ1) is 11.3. The molecule has 0 saturated carbocycles. The molecule has 0 aliphatic carbocycles. The first-order valence-corrected chi connectivity index (χ1v) is 8.00. The van der Waals surface area contributed by atoms with E-state index >= 15 is 0 Å². The van der Waals surface area contributed by atoms with Gasteiger partial charge in [0.15, 0.2) is 0 Å². The van der Waals surface area contributed by atoms with E-state index in [1.165, 1.54) is 11.1 Å². The Morgan fingerprint density at radius 1 is 0.913 bits per heavy atom. The van der Waals surface area contributed by atoms with Crippen LogP contribution in [0.25, 0.3) is 0 Å². The number of benzene rings is 2. The highest BCUT2D eigenvalue weighted by Gasteiger charge is 2.14. The second kappa shape index (κ2) is 10.1. The number of rotatable bonds is 10. The smallest absolute Gasteiger partial charge is 0.136 e. The predicted molar refractivity (Wildman–Crippen MR) is 91.8 cm³/mol. The molecule has 0 saturated heterocycles. The number of nitrogens with two attached hydrogens (primary N) is 1. The van der Waals surface area contributed by atoms with Crippen LogP contribution >= 0.6 is 0 Å². The summed E-state index contributed by atoms with van der Waals surface area (Å²) in [5, 5.41) is 0. The fraction of sp³-hybridized carbons (Fsp3) is 0.368. The van der Waals surface area contributed by atoms with E-state index < -0.39 is 6.17 Å². The van der Waals surface area contributed by atoms with Crippen molar-refractivity contribution in [1.82, 2.24) is 4.90 Å². The minimum Gasteiger partial charge on any atom is -0.377 e. The van der Waals surface area contributed by atoms with Crippen LogP contribution in [0.1, 0.15) is 11.1 Å². The lowest BCUT2D eigenvalue weighted by Crippen LogP contribution is -2.32. The number of halogens is 1. The summed E-state index contributed by atoms with van der Waals surface area (Å²) in [5.74, 6) is 0. The topological polar surface area (TPSA) is 38.5 Å². The Bertz CT molecular complexity index is 494. The Morgan fingerprint density at radius 2 is 1.43 bits per heavy atom. The summed E-state index contributed by atoms with van der Waals surface area (Å²) in [4.78, 5) is 2.11. The zero-order valence-electron chi connectivity index (χ0n) is 13.4. The highest BCUT2D eigenvalue weighted by atomic mass is 19.1. The monoisotopic (exact) mass is 316 g/mol. The molecule has 0 fully saturated rings. The van der Waals surface area contributed by atoms with Crippen molar-refractivity contribution in [2.24, 2.45) is 5.73 Å². The van der Waals surface area contributed by atoms with Crippen molar-refractivity contribution in [2.45, 2.75) is 19.3 Å². The van der Waals surface area contributed by atoms with Gasteiger partial charge in [0.2, 0.25) is 0 Å². The molecule has 0 spiro atoms. The molecule has 0 amide bonds. The minimum atomic E-state index is -1.02. The van der Waals surface area contributed by atoms with Crippen LogP contribution in [0.15, 0.2) is 60.7 Å². The van der Waals surface area contributed by atoms with Gasteiger partial charge in [0, 0.05) is 26.2 Å². The van der Waals surface area contributed by atoms with Crippen LogP contribution in [0.2, 0.25) is 0 Å². The Morgan fingerprint density at radius 3 is 1.91 bits per heavy atom. The molecule has 2 aromatic carbocycles. The second-order valence-electron chi connectivity index (χ2n) is 5.60. The van der Waals surface area contributed by atoms with E-state index in [0.29, 0.717) is 32.8 Å². The molecule has 3 nitrogen and oxygen atoms in total. The molecule has 0 heterocycles. The van der Waals surface area contributed by atoms with E-state index in [9.17, 15) is 4.39 Å². The van der Waals surface area contributed by atoms with Crippen molar-refractivity contribution in [3.63, 3.8) is 0 Å². The number of nitrogens with zero attached hydrogens (tertiary/aromatic N) is 1. The zero-order chi connectivity index (χ0) is 16.3. The van der Waals surface area contributed by atoms with E-state index in [2.05, 4.69) is 29.2 Å². The molecule has 2 N–H and O–H groups in total. The molecule has 2 rings (SSSR count). The summed E-state index contributed by atoms with van der Waals surface area (Å²) in [6.07, 6.45) is -1.02. The quantitative estimate of drug-likeness (QED) is 0.685. The Balaban J connectivity index is 1.96. The van der Waals surface area contributed by atoms with E-state index in [0.717, 1.165) is 0 Å². The third-order valence-corrected chi connectivity index (χ3v) is 3.52. The zero-order valence-corrected chi connectivity index (χ0v) is 13.4. The summed E-state index contributed by atoms with van der Waals surface area (Å²) in [6.45, 7) is 2.69. The molecular formula is C19H25FN2O. The van der Waals surface area contributed by atoms with Crippen LogP contribution in [0.5, 0.6) is 0 Å². The van der Waals surface area contributed by atoms with Gasteiger partial charge in [-0.2, -0.15) is 0 Å². The number of alkyl halides is 1. The predicted octanol–water partition coefficient (Wildman–Crippen LogP) is 3.00. The maximum absolute atomic E-state index is 14.2. The molecule has 0 bridgehead atoms. The van der Waals surface area contributed by atoms with Crippen molar-refractivity contribution in [1.29, 1.82) is 0 Å². The van der Waals surface area contributed by atoms with Gasteiger partial charge >= 0.3 is 0 Å². The van der Waals surface area contributed by atoms with Gasteiger partial charge in [0.25, 0.3) is 0 Å². The first kappa shape index (κ1) is 17.6. The summed E-state index contributed by atoms with van der Waals surface area (Å²) in [6, 6.07) is 20.3. The number of ether oxygens (including phenoxy) is 1. The maximum Gasteiger partial charge on any atom is 0.136 e. The Kier molecular flexibility index (Phi) is 7.73. The summed E-state index contributed by atoms with van der Waals surface area (Å²) >= 11 is 0. The summed E-state index contributed by atoms with van der Waals surface area (Å²) in [5.41, 5.74) is 7.72. The molecule has 4 heteroatoms. The van der Waals surface area contributed by atoms with Crippen molar-refractivity contribution in [3.8, 4) is 0 Å². The molecule has 0 radical (unpaired) electrons. The normalized spacial score (nSPS) is 12.5. The molecule has 2 aromatic rings. The van der Waals surface area contributed by atoms with Crippen LogP contribution in [0.4, 0.5) is 4.39 Å². The van der Waals surface area contributed by atoms with Crippen LogP contribution in [0, 0.1) is 0 Å². The van der Waals surface area contributed by atoms with Crippen LogP contribution < -0.4 is 5.73 Å². The lowest BCUT2D eigenvalue weighted by molar-refractivity contribution is 0.0618. The van der Waals surface area contributed by atoms with E-state index in [4.69, 9.17) is 10.5 Å². The first-order valence-electron chi connectivity index (χ1n) is 8.00. The molecule has 1 atom stereocenters. The average molecular weight is 316 g/mol. The van der Waals surface area contributed by atoms with Gasteiger partial charge < -0.3 is 10.5 Å². The van der Waals surface area contributed by atoms with Gasteiger partial charge in [0.1, 0.15) is 6.17 Å². The van der Waals surface area contributed by atoms with Crippen LogP contribution in [-0.4, -0.2) is 37.4 Å². The van der Waals surface area contributed by atoms with Crippen molar-refractivity contribution < 1.29 is 9.13 Å². The van der Waals surface area contributed by atoms with Gasteiger partial charge in [0.05, 0.1) is 13.2 Å². The highest BCUT2D eigenvalue weighted by molar-refractivity contribution is 5.17. The molecule has 124 valence electrons. The van der Waals surface area contributed by atoms with Crippen molar-refractivity contribution >= 4 is 0 Å². The summed E-state index contributed by atoms with van der Waals surface area (Å²) < 4.78 is 19.4. The van der Waals surface area contributed by atoms with E-state index in [1.807, 2.05) is 36.4 Å². The minimum absolute atomic E-state index is 0.0945. The van der Waals surface area contributed by atoms with Crippen LogP contribution in [0.3, 0.4) is 0 Å². The molecule has 0 aliphatic rings. The lowest BCUT2D eigenvalue weighted by atomic mass is 10.1. The SMILES string of the molecule is NCCOCC(F)CN(Cc1ccccc1)Cc1ccccc1. The van der Waals surface area contributed by atoms with Gasteiger partial charge in [-0.15, -0.1) is 0 Å². The standard InChI is InChI=1S/C19H25FN2O/c20-19(16-23-12-11-21)15-22(13-17-7-3-1-4-8-17)14-18-9-5-2-6-10-18/h1-10,19H,11-16,21H2. The number of hydrogen-bond acceptors (Lipinski definition) is 3. The molecule has 0 aromatic heterocycles. The molecule has 0 aliphatic heterocycles. The van der Waals surface area contributed by atoms with Gasteiger partial charge in [-0.3, -0.25) is 4.90 Å². The molecule has 1 unspecified atom stereocenters. The number of hydrogen-bond donors (Lipinski definition) is 1. The van der Waals surface area contributed by atoms with Gasteiger partial charge in [-0.25, -0.2) is 4.39 Å². The van der Waals surface area contributed by atoms with E-state index in [-0.39, 0.29) is 6.61 Å². The van der Waals surface area contributed by atoms with Gasteiger partial charge in [-0.05, 0) is 11.1 Å². The fourth-order valence-corrected chi connectivity index (χ4v) is 2.50. The van der Waals surface area contributed by atoms with Crippen molar-refractivity contribution in [3.05, 3.63) is 71.8 Å². The Labute approximate surface area is 137 Å². The molecule has 23 heavy (non-hydrogen) atoms. The third-order valence-electron chi connectivity index (χ3n) is 3.52. The average Bonchev–Trinajstić information content (AvgIpc) is 2.57. The third kappa shape index (κ3) is 6.91. The largest absolute Gasteiger partial charge is 0.377 e. The lowest BCUT2D eigenvalue weighted by Gasteiger charge is -2.24. The Hall–Kier alpha value is -1.75. The second-order valence-corrected chi connectivity index (χ2v) is 5.60. The highest BCUT2D eigenvalue weighted by Crippen LogP contribution is 2.11. The molecular weight excluding hydrogens is 291 g/mol.